The summed E-state index contributed by atoms with van der Waals surface area (Å²) >= 11 is 0. The van der Waals surface area contributed by atoms with Crippen molar-refractivity contribution in [3.8, 4) is 23.0 Å². The Hall–Kier alpha value is -3.39. The second kappa shape index (κ2) is 7.21. The quantitative estimate of drug-likeness (QED) is 0.798. The summed E-state index contributed by atoms with van der Waals surface area (Å²) in [6.45, 7) is 1.83. The fraction of sp³-hybridized carbons (Fsp3) is 0.292. The molecule has 0 saturated heterocycles. The minimum Gasteiger partial charge on any atom is -0.383 e. The summed E-state index contributed by atoms with van der Waals surface area (Å²) in [5.74, 6) is 7.23. The number of pyridine rings is 1. The van der Waals surface area contributed by atoms with Gasteiger partial charge in [0.05, 0.1) is 11.6 Å². The van der Waals surface area contributed by atoms with E-state index in [1.165, 1.54) is 18.5 Å². The first kappa shape index (κ1) is 17.7. The molecule has 0 bridgehead atoms. The van der Waals surface area contributed by atoms with Crippen LogP contribution in [0.15, 0.2) is 64.0 Å². The minimum atomic E-state index is -0.000807. The van der Waals surface area contributed by atoms with Crippen LogP contribution in [-0.2, 0) is 0 Å². The summed E-state index contributed by atoms with van der Waals surface area (Å²) in [5, 5.41) is 3.61. The second-order valence-electron chi connectivity index (χ2n) is 7.79. The molecule has 1 aromatic carbocycles. The van der Waals surface area contributed by atoms with Gasteiger partial charge in [-0.05, 0) is 48.9 Å². The monoisotopic (exact) mass is 381 g/mol. The highest BCUT2D eigenvalue weighted by Gasteiger charge is 2.35. The maximum Gasteiger partial charge on any atom is 0.129 e. The van der Waals surface area contributed by atoms with Gasteiger partial charge >= 0.3 is 0 Å². The Bertz CT molecular complexity index is 1110. The summed E-state index contributed by atoms with van der Waals surface area (Å²) in [4.78, 5) is 13.7. The lowest BCUT2D eigenvalue weighted by molar-refractivity contribution is 0.497. The molecule has 3 aliphatic rings. The van der Waals surface area contributed by atoms with Crippen molar-refractivity contribution in [3.63, 3.8) is 0 Å². The number of hydrogen-bond acceptors (Lipinski definition) is 5. The van der Waals surface area contributed by atoms with Gasteiger partial charge in [0.2, 0.25) is 0 Å². The normalized spacial score (nSPS) is 22.9. The molecule has 1 saturated carbocycles. The minimum absolute atomic E-state index is 0.000807. The molecule has 29 heavy (non-hydrogen) atoms. The molecule has 1 aliphatic carbocycles. The molecule has 0 amide bonds. The highest BCUT2D eigenvalue weighted by molar-refractivity contribution is 6.15. The van der Waals surface area contributed by atoms with Gasteiger partial charge in [0, 0.05) is 41.9 Å². The van der Waals surface area contributed by atoms with Crippen LogP contribution in [0.25, 0.3) is 11.1 Å². The molecule has 3 N–H and O–H groups in total. The van der Waals surface area contributed by atoms with E-state index in [1.54, 1.807) is 6.20 Å². The lowest BCUT2D eigenvalue weighted by Gasteiger charge is -2.30. The van der Waals surface area contributed by atoms with Gasteiger partial charge in [-0.3, -0.25) is 15.0 Å². The molecule has 3 heterocycles. The number of rotatable bonds is 3. The average molecular weight is 381 g/mol. The van der Waals surface area contributed by atoms with Crippen LogP contribution < -0.4 is 11.1 Å². The standard InChI is InChI=1S/C24H23N5/c1-2-4-15-9-19(13-26-12-15)17-5-3-6-18(10-17)21-11-22-20(23(25)28-21)14-27-24(29-22)16-7-8-16/h3,5-6,9-10,12-14,16,21,24,29H,7-8,11H2,1H3,(H2,25,28). The van der Waals surface area contributed by atoms with Crippen LogP contribution in [0.2, 0.25) is 0 Å². The maximum atomic E-state index is 6.29. The lowest BCUT2D eigenvalue weighted by Crippen LogP contribution is -2.38. The van der Waals surface area contributed by atoms with Crippen LogP contribution in [0.1, 0.15) is 43.4 Å². The van der Waals surface area contributed by atoms with E-state index >= 15 is 0 Å². The lowest BCUT2D eigenvalue weighted by atomic mass is 9.93. The van der Waals surface area contributed by atoms with Crippen molar-refractivity contribution in [2.24, 2.45) is 21.6 Å². The molecule has 144 valence electrons. The largest absolute Gasteiger partial charge is 0.383 e. The predicted octanol–water partition coefficient (Wildman–Crippen LogP) is 3.59. The summed E-state index contributed by atoms with van der Waals surface area (Å²) in [6, 6.07) is 10.5. The number of amidine groups is 1. The molecule has 2 aliphatic heterocycles. The first-order chi connectivity index (χ1) is 14.2. The van der Waals surface area contributed by atoms with Crippen molar-refractivity contribution in [1.29, 1.82) is 0 Å². The molecule has 2 unspecified atom stereocenters. The van der Waals surface area contributed by atoms with Crippen molar-refractivity contribution in [2.45, 2.75) is 38.4 Å². The predicted molar refractivity (Wildman–Crippen MR) is 116 cm³/mol. The van der Waals surface area contributed by atoms with Gasteiger partial charge in [-0.15, -0.1) is 5.92 Å². The Morgan fingerprint density at radius 1 is 1.14 bits per heavy atom. The van der Waals surface area contributed by atoms with Gasteiger partial charge < -0.3 is 11.1 Å². The first-order valence-electron chi connectivity index (χ1n) is 10.1. The van der Waals surface area contributed by atoms with Gasteiger partial charge in [0.1, 0.15) is 12.0 Å². The molecule has 2 atom stereocenters. The number of aromatic nitrogens is 1. The third-order valence-electron chi connectivity index (χ3n) is 5.66. The molecular weight excluding hydrogens is 358 g/mol. The van der Waals surface area contributed by atoms with E-state index in [-0.39, 0.29) is 12.2 Å². The van der Waals surface area contributed by atoms with Crippen molar-refractivity contribution in [3.05, 3.63) is 65.1 Å². The van der Waals surface area contributed by atoms with Crippen molar-refractivity contribution in [2.75, 3.05) is 0 Å². The van der Waals surface area contributed by atoms with E-state index in [4.69, 9.17) is 10.7 Å². The molecular formula is C24H23N5. The summed E-state index contributed by atoms with van der Waals surface area (Å²) in [7, 11) is 0. The number of nitrogens with two attached hydrogens (primary N) is 1. The first-order valence-corrected chi connectivity index (χ1v) is 10.1. The van der Waals surface area contributed by atoms with Gasteiger partial charge in [-0.1, -0.05) is 24.1 Å². The number of benzene rings is 1. The highest BCUT2D eigenvalue weighted by Crippen LogP contribution is 2.38. The van der Waals surface area contributed by atoms with E-state index in [9.17, 15) is 0 Å². The molecule has 1 fully saturated rings. The van der Waals surface area contributed by atoms with E-state index in [0.29, 0.717) is 11.8 Å². The Kier molecular flexibility index (Phi) is 4.40. The van der Waals surface area contributed by atoms with Crippen molar-refractivity contribution in [1.82, 2.24) is 10.3 Å². The van der Waals surface area contributed by atoms with Crippen LogP contribution in [-0.4, -0.2) is 23.2 Å². The fourth-order valence-corrected chi connectivity index (χ4v) is 3.97. The van der Waals surface area contributed by atoms with E-state index in [2.05, 4.69) is 57.5 Å². The molecule has 2 aromatic rings. The zero-order chi connectivity index (χ0) is 19.8. The number of dihydropyridines is 1. The van der Waals surface area contributed by atoms with Gasteiger partial charge in [0.15, 0.2) is 0 Å². The molecule has 5 heteroatoms. The molecule has 5 nitrogen and oxygen atoms in total. The summed E-state index contributed by atoms with van der Waals surface area (Å²) < 4.78 is 0. The van der Waals surface area contributed by atoms with E-state index < -0.39 is 0 Å². The zero-order valence-corrected chi connectivity index (χ0v) is 16.4. The zero-order valence-electron chi connectivity index (χ0n) is 16.4. The van der Waals surface area contributed by atoms with Gasteiger partial charge in [-0.2, -0.15) is 0 Å². The Labute approximate surface area is 170 Å². The number of nitrogens with zero attached hydrogens (tertiary/aromatic N) is 3. The maximum absolute atomic E-state index is 6.29. The molecule has 0 radical (unpaired) electrons. The number of aliphatic imine (C=N–C) groups is 2. The van der Waals surface area contributed by atoms with Gasteiger partial charge in [-0.25, -0.2) is 0 Å². The van der Waals surface area contributed by atoms with Crippen molar-refractivity contribution >= 4 is 12.1 Å². The second-order valence-corrected chi connectivity index (χ2v) is 7.79. The van der Waals surface area contributed by atoms with Crippen LogP contribution in [0.4, 0.5) is 0 Å². The van der Waals surface area contributed by atoms with E-state index in [1.807, 2.05) is 19.3 Å². The fourth-order valence-electron chi connectivity index (χ4n) is 3.97. The van der Waals surface area contributed by atoms with Crippen LogP contribution in [0.5, 0.6) is 0 Å². The molecule has 1 aromatic heterocycles. The third kappa shape index (κ3) is 3.54. The Morgan fingerprint density at radius 2 is 2.03 bits per heavy atom. The molecule has 0 spiro atoms. The highest BCUT2D eigenvalue weighted by atomic mass is 15.1. The SMILES string of the molecule is CC#Cc1cncc(-c2cccc(C3CC4=C(C=NC(C5CC5)N4)C(N)=N3)c2)c1. The smallest absolute Gasteiger partial charge is 0.129 e. The number of hydrogen-bond donors (Lipinski definition) is 2. The van der Waals surface area contributed by atoms with Crippen LogP contribution >= 0.6 is 0 Å². The number of nitrogens with one attached hydrogen (secondary N) is 1. The van der Waals surface area contributed by atoms with Crippen LogP contribution in [0.3, 0.4) is 0 Å². The Balaban J connectivity index is 1.43. The van der Waals surface area contributed by atoms with Gasteiger partial charge in [0.25, 0.3) is 0 Å². The van der Waals surface area contributed by atoms with Crippen LogP contribution in [0, 0.1) is 17.8 Å². The Morgan fingerprint density at radius 3 is 2.86 bits per heavy atom. The average Bonchev–Trinajstić information content (AvgIpc) is 3.59. The summed E-state index contributed by atoms with van der Waals surface area (Å²) in [5.41, 5.74) is 12.6. The molecule has 5 rings (SSSR count). The summed E-state index contributed by atoms with van der Waals surface area (Å²) in [6.07, 6.45) is 9.08. The third-order valence-corrected chi connectivity index (χ3v) is 5.66. The van der Waals surface area contributed by atoms with Crippen molar-refractivity contribution < 1.29 is 0 Å². The van der Waals surface area contributed by atoms with E-state index in [0.717, 1.165) is 34.2 Å². The topological polar surface area (TPSA) is 75.7 Å².